The second kappa shape index (κ2) is 5.65. The number of aryl methyl sites for hydroxylation is 2. The highest BCUT2D eigenvalue weighted by Gasteiger charge is 2.29. The van der Waals surface area contributed by atoms with Crippen LogP contribution in [0.25, 0.3) is 0 Å². The quantitative estimate of drug-likeness (QED) is 0.882. The largest absolute Gasteiger partial charge is 0.480 e. The maximum absolute atomic E-state index is 12.3. The van der Waals surface area contributed by atoms with Crippen molar-refractivity contribution in [2.75, 3.05) is 0 Å². The molecule has 5 nitrogen and oxygen atoms in total. The summed E-state index contributed by atoms with van der Waals surface area (Å²) in [6.07, 6.45) is 0. The summed E-state index contributed by atoms with van der Waals surface area (Å²) in [4.78, 5) is 13.4. The zero-order valence-electron chi connectivity index (χ0n) is 10.8. The molecule has 1 atom stereocenters. The van der Waals surface area contributed by atoms with E-state index >= 15 is 0 Å². The Bertz CT molecular complexity index is 716. The summed E-state index contributed by atoms with van der Waals surface area (Å²) in [5, 5.41) is 10.9. The molecule has 0 aliphatic carbocycles. The number of carbonyl (C=O) groups is 1. The first-order chi connectivity index (χ1) is 9.31. The van der Waals surface area contributed by atoms with Crippen molar-refractivity contribution in [1.82, 2.24) is 4.72 Å². The van der Waals surface area contributed by atoms with E-state index in [0.717, 1.165) is 4.88 Å². The lowest BCUT2D eigenvalue weighted by atomic mass is 10.3. The van der Waals surface area contributed by atoms with Gasteiger partial charge >= 0.3 is 5.97 Å². The molecular formula is C12H13NO4S3. The van der Waals surface area contributed by atoms with E-state index in [0.29, 0.717) is 9.75 Å². The molecule has 0 radical (unpaired) electrons. The molecule has 0 bridgehead atoms. The first kappa shape index (κ1) is 15.2. The Hall–Kier alpha value is -1.22. The van der Waals surface area contributed by atoms with E-state index in [1.807, 2.05) is 6.92 Å². The second-order valence-corrected chi connectivity index (χ2v) is 8.31. The van der Waals surface area contributed by atoms with Crippen LogP contribution < -0.4 is 4.72 Å². The predicted octanol–water partition coefficient (Wildman–Crippen LogP) is 2.53. The van der Waals surface area contributed by atoms with Gasteiger partial charge in [-0.1, -0.05) is 6.07 Å². The third-order valence-electron chi connectivity index (χ3n) is 2.63. The van der Waals surface area contributed by atoms with Crippen molar-refractivity contribution in [2.45, 2.75) is 24.8 Å². The Balaban J connectivity index is 2.35. The second-order valence-electron chi connectivity index (χ2n) is 4.19. The normalized spacial score (nSPS) is 13.3. The van der Waals surface area contributed by atoms with Crippen LogP contribution in [0.4, 0.5) is 0 Å². The van der Waals surface area contributed by atoms with Gasteiger partial charge in [-0.2, -0.15) is 4.72 Å². The summed E-state index contributed by atoms with van der Waals surface area (Å²) in [7, 11) is -3.85. The van der Waals surface area contributed by atoms with Crippen molar-refractivity contribution in [3.63, 3.8) is 0 Å². The Labute approximate surface area is 124 Å². The molecule has 0 fully saturated rings. The van der Waals surface area contributed by atoms with Gasteiger partial charge in [0.2, 0.25) is 10.0 Å². The molecule has 0 saturated carbocycles. The van der Waals surface area contributed by atoms with Crippen LogP contribution in [0, 0.1) is 13.8 Å². The SMILES string of the molecule is Cc1cc(S(=O)(=O)NC(C(=O)O)c2cccs2)c(C)s1. The first-order valence-corrected chi connectivity index (χ1v) is 8.85. The minimum atomic E-state index is -3.85. The number of nitrogens with one attached hydrogen (secondary N) is 1. The molecule has 0 aliphatic heterocycles. The summed E-state index contributed by atoms with van der Waals surface area (Å²) >= 11 is 2.56. The van der Waals surface area contributed by atoms with Crippen molar-refractivity contribution in [3.8, 4) is 0 Å². The molecule has 1 unspecified atom stereocenters. The fourth-order valence-electron chi connectivity index (χ4n) is 1.78. The average Bonchev–Trinajstić information content (AvgIpc) is 2.95. The first-order valence-electron chi connectivity index (χ1n) is 5.67. The Kier molecular flexibility index (Phi) is 4.28. The predicted molar refractivity (Wildman–Crippen MR) is 78.8 cm³/mol. The van der Waals surface area contributed by atoms with Crippen LogP contribution in [0.5, 0.6) is 0 Å². The van der Waals surface area contributed by atoms with Gasteiger partial charge in [0.05, 0.1) is 4.90 Å². The van der Waals surface area contributed by atoms with Gasteiger partial charge in [0.15, 0.2) is 6.04 Å². The minimum absolute atomic E-state index is 0.141. The highest BCUT2D eigenvalue weighted by atomic mass is 32.2. The van der Waals surface area contributed by atoms with Gasteiger partial charge in [0, 0.05) is 14.6 Å². The molecule has 2 aromatic rings. The van der Waals surface area contributed by atoms with Crippen LogP contribution in [0.2, 0.25) is 0 Å². The van der Waals surface area contributed by atoms with Crippen molar-refractivity contribution >= 4 is 38.7 Å². The molecule has 8 heteroatoms. The van der Waals surface area contributed by atoms with Crippen LogP contribution in [-0.4, -0.2) is 19.5 Å². The number of aliphatic carboxylic acids is 1. The molecule has 0 amide bonds. The zero-order valence-corrected chi connectivity index (χ0v) is 13.2. The molecule has 0 spiro atoms. The summed E-state index contributed by atoms with van der Waals surface area (Å²) in [6.45, 7) is 3.51. The maximum Gasteiger partial charge on any atom is 0.327 e. The van der Waals surface area contributed by atoms with Gasteiger partial charge in [-0.15, -0.1) is 22.7 Å². The Morgan fingerprint density at radius 3 is 2.55 bits per heavy atom. The number of rotatable bonds is 5. The van der Waals surface area contributed by atoms with E-state index in [4.69, 9.17) is 0 Å². The monoisotopic (exact) mass is 331 g/mol. The van der Waals surface area contributed by atoms with Crippen LogP contribution in [0.15, 0.2) is 28.5 Å². The molecule has 2 N–H and O–H groups in total. The lowest BCUT2D eigenvalue weighted by molar-refractivity contribution is -0.139. The molecule has 20 heavy (non-hydrogen) atoms. The third kappa shape index (κ3) is 3.09. The molecule has 0 aromatic carbocycles. The smallest absolute Gasteiger partial charge is 0.327 e. The zero-order chi connectivity index (χ0) is 14.9. The molecule has 2 aromatic heterocycles. The number of thiophene rings is 2. The Morgan fingerprint density at radius 1 is 1.40 bits per heavy atom. The highest BCUT2D eigenvalue weighted by Crippen LogP contribution is 2.27. The van der Waals surface area contributed by atoms with Crippen LogP contribution in [0.3, 0.4) is 0 Å². The summed E-state index contributed by atoms with van der Waals surface area (Å²) in [5.41, 5.74) is 0. The molecule has 108 valence electrons. The van der Waals surface area contributed by atoms with Crippen LogP contribution in [0.1, 0.15) is 20.7 Å². The van der Waals surface area contributed by atoms with E-state index in [1.54, 1.807) is 30.5 Å². The van der Waals surface area contributed by atoms with Crippen LogP contribution >= 0.6 is 22.7 Å². The fraction of sp³-hybridized carbons (Fsp3) is 0.250. The van der Waals surface area contributed by atoms with Gasteiger partial charge in [0.1, 0.15) is 0 Å². The third-order valence-corrected chi connectivity index (χ3v) is 6.21. The topological polar surface area (TPSA) is 83.5 Å². The molecule has 2 heterocycles. The number of sulfonamides is 1. The van der Waals surface area contributed by atoms with Crippen molar-refractivity contribution < 1.29 is 18.3 Å². The average molecular weight is 331 g/mol. The van der Waals surface area contributed by atoms with E-state index in [2.05, 4.69) is 4.72 Å². The van der Waals surface area contributed by atoms with Crippen molar-refractivity contribution in [3.05, 3.63) is 38.2 Å². The maximum atomic E-state index is 12.3. The van der Waals surface area contributed by atoms with E-state index in [9.17, 15) is 18.3 Å². The highest BCUT2D eigenvalue weighted by molar-refractivity contribution is 7.89. The molecule has 0 aliphatic rings. The van der Waals surface area contributed by atoms with E-state index in [1.165, 1.54) is 22.7 Å². The molecular weight excluding hydrogens is 318 g/mol. The lowest BCUT2D eigenvalue weighted by Crippen LogP contribution is -2.33. The van der Waals surface area contributed by atoms with E-state index in [-0.39, 0.29) is 4.90 Å². The van der Waals surface area contributed by atoms with Gasteiger partial charge in [-0.05, 0) is 31.4 Å². The van der Waals surface area contributed by atoms with E-state index < -0.39 is 22.0 Å². The fourth-order valence-corrected chi connectivity index (χ4v) is 5.34. The summed E-state index contributed by atoms with van der Waals surface area (Å²) in [6, 6.07) is 3.57. The standard InChI is InChI=1S/C12H13NO4S3/c1-7-6-10(8(2)19-7)20(16,17)13-11(12(14)15)9-4-3-5-18-9/h3-6,11,13H,1-2H3,(H,14,15). The lowest BCUT2D eigenvalue weighted by Gasteiger charge is -2.13. The minimum Gasteiger partial charge on any atom is -0.480 e. The van der Waals surface area contributed by atoms with Gasteiger partial charge in [-0.3, -0.25) is 4.79 Å². The van der Waals surface area contributed by atoms with Crippen molar-refractivity contribution in [2.24, 2.45) is 0 Å². The number of carboxylic acid groups (broad SMARTS) is 1. The number of carboxylic acids is 1. The number of hydrogen-bond acceptors (Lipinski definition) is 5. The van der Waals surface area contributed by atoms with Gasteiger partial charge < -0.3 is 5.11 Å². The molecule has 2 rings (SSSR count). The molecule has 0 saturated heterocycles. The summed E-state index contributed by atoms with van der Waals surface area (Å²) in [5.74, 6) is -1.22. The van der Waals surface area contributed by atoms with Crippen molar-refractivity contribution in [1.29, 1.82) is 0 Å². The van der Waals surface area contributed by atoms with Gasteiger partial charge in [-0.25, -0.2) is 8.42 Å². The number of hydrogen-bond donors (Lipinski definition) is 2. The Morgan fingerprint density at radius 2 is 2.10 bits per heavy atom. The van der Waals surface area contributed by atoms with Gasteiger partial charge in [0.25, 0.3) is 0 Å². The summed E-state index contributed by atoms with van der Waals surface area (Å²) < 4.78 is 26.9. The van der Waals surface area contributed by atoms with Crippen LogP contribution in [-0.2, 0) is 14.8 Å².